The summed E-state index contributed by atoms with van der Waals surface area (Å²) in [6.07, 6.45) is 2.11. The van der Waals surface area contributed by atoms with Crippen LogP contribution < -0.4 is 15.5 Å². The van der Waals surface area contributed by atoms with Crippen molar-refractivity contribution < 1.29 is 14.0 Å². The van der Waals surface area contributed by atoms with E-state index in [-0.39, 0.29) is 18.2 Å². The highest BCUT2D eigenvalue weighted by atomic mass is 19.1. The molecule has 5 rings (SSSR count). The van der Waals surface area contributed by atoms with E-state index in [0.29, 0.717) is 28.4 Å². The van der Waals surface area contributed by atoms with Crippen LogP contribution >= 0.6 is 0 Å². The van der Waals surface area contributed by atoms with E-state index in [0.717, 1.165) is 31.4 Å². The largest absolute Gasteiger partial charge is 0.354 e. The third-order valence-electron chi connectivity index (χ3n) is 5.57. The lowest BCUT2D eigenvalue weighted by atomic mass is 9.89. The third-order valence-corrected chi connectivity index (χ3v) is 5.57. The smallest absolute Gasteiger partial charge is 0.233 e. The predicted octanol–water partition coefficient (Wildman–Crippen LogP) is 3.43. The minimum atomic E-state index is -0.728. The van der Waals surface area contributed by atoms with Gasteiger partial charge in [0.1, 0.15) is 5.82 Å². The van der Waals surface area contributed by atoms with E-state index in [1.807, 2.05) is 24.3 Å². The van der Waals surface area contributed by atoms with E-state index in [4.69, 9.17) is 4.98 Å². The van der Waals surface area contributed by atoms with Crippen molar-refractivity contribution in [3.8, 4) is 0 Å². The lowest BCUT2D eigenvalue weighted by Gasteiger charge is -2.26. The fourth-order valence-electron chi connectivity index (χ4n) is 4.10. The number of nitrogens with zero attached hydrogens (tertiary/aromatic N) is 3. The zero-order valence-electron chi connectivity index (χ0n) is 16.2. The Morgan fingerprint density at radius 2 is 1.83 bits per heavy atom. The molecular weight excluding hydrogens is 385 g/mol. The van der Waals surface area contributed by atoms with E-state index < -0.39 is 11.7 Å². The molecule has 2 aliphatic heterocycles. The van der Waals surface area contributed by atoms with Gasteiger partial charge in [-0.2, -0.15) is 0 Å². The van der Waals surface area contributed by atoms with Crippen LogP contribution in [0.4, 0.5) is 21.7 Å². The van der Waals surface area contributed by atoms with Crippen LogP contribution in [0.3, 0.4) is 0 Å². The first-order chi connectivity index (χ1) is 14.6. The lowest BCUT2D eigenvalue weighted by Crippen LogP contribution is -2.32. The first kappa shape index (κ1) is 18.5. The molecule has 8 heteroatoms. The maximum atomic E-state index is 13.6. The summed E-state index contributed by atoms with van der Waals surface area (Å²) in [5.41, 5.74) is 2.36. The summed E-state index contributed by atoms with van der Waals surface area (Å²) in [6.45, 7) is 1.70. The second-order valence-corrected chi connectivity index (χ2v) is 7.60. The average Bonchev–Trinajstić information content (AvgIpc) is 3.27. The second kappa shape index (κ2) is 7.37. The van der Waals surface area contributed by atoms with Crippen LogP contribution in [0.1, 0.15) is 30.7 Å². The molecule has 1 aromatic heterocycles. The summed E-state index contributed by atoms with van der Waals surface area (Å²) >= 11 is 0. The number of halogens is 1. The molecule has 1 fully saturated rings. The molecular formula is C22H20FN5O2. The normalized spacial score (nSPS) is 18.2. The summed E-state index contributed by atoms with van der Waals surface area (Å²) in [7, 11) is 0. The fourth-order valence-corrected chi connectivity index (χ4v) is 4.10. The van der Waals surface area contributed by atoms with Gasteiger partial charge in [0.2, 0.25) is 11.8 Å². The lowest BCUT2D eigenvalue weighted by molar-refractivity contribution is -0.123. The number of aromatic nitrogens is 2. The molecule has 0 bridgehead atoms. The Hall–Kier alpha value is -3.55. The number of hydrogen-bond donors (Lipinski definition) is 2. The molecule has 30 heavy (non-hydrogen) atoms. The van der Waals surface area contributed by atoms with Crippen molar-refractivity contribution in [1.29, 1.82) is 0 Å². The van der Waals surface area contributed by atoms with Crippen molar-refractivity contribution in [3.63, 3.8) is 0 Å². The molecule has 0 radical (unpaired) electrons. The van der Waals surface area contributed by atoms with Crippen molar-refractivity contribution in [2.75, 3.05) is 28.6 Å². The number of carbonyl (C=O) groups is 2. The first-order valence-corrected chi connectivity index (χ1v) is 10.0. The monoisotopic (exact) mass is 405 g/mol. The van der Waals surface area contributed by atoms with Crippen molar-refractivity contribution >= 4 is 40.2 Å². The molecule has 2 aromatic carbocycles. The van der Waals surface area contributed by atoms with Gasteiger partial charge in [0.25, 0.3) is 0 Å². The van der Waals surface area contributed by atoms with Crippen molar-refractivity contribution in [2.45, 2.75) is 25.2 Å². The SMILES string of the molecule is O=C1CC(C(=O)Nc2nc3ccccc3nc2N2CCCC2)c2ccc(F)cc2N1. The molecule has 1 saturated heterocycles. The van der Waals surface area contributed by atoms with Crippen LogP contribution in [0.2, 0.25) is 0 Å². The van der Waals surface area contributed by atoms with Crippen LogP contribution in [-0.2, 0) is 9.59 Å². The van der Waals surface area contributed by atoms with Gasteiger partial charge in [0, 0.05) is 25.2 Å². The van der Waals surface area contributed by atoms with Gasteiger partial charge in [0.15, 0.2) is 11.6 Å². The second-order valence-electron chi connectivity index (χ2n) is 7.60. The van der Waals surface area contributed by atoms with Crippen LogP contribution in [0, 0.1) is 5.82 Å². The van der Waals surface area contributed by atoms with E-state index >= 15 is 0 Å². The summed E-state index contributed by atoms with van der Waals surface area (Å²) in [5, 5.41) is 5.53. The van der Waals surface area contributed by atoms with Gasteiger partial charge in [-0.25, -0.2) is 14.4 Å². The number of amides is 2. The first-order valence-electron chi connectivity index (χ1n) is 10.0. The van der Waals surface area contributed by atoms with Gasteiger partial charge >= 0.3 is 0 Å². The van der Waals surface area contributed by atoms with Crippen molar-refractivity contribution in [1.82, 2.24) is 9.97 Å². The van der Waals surface area contributed by atoms with Gasteiger partial charge in [-0.3, -0.25) is 9.59 Å². The molecule has 7 nitrogen and oxygen atoms in total. The fraction of sp³-hybridized carbons (Fsp3) is 0.273. The molecule has 2 amide bonds. The number of anilines is 3. The number of hydrogen-bond acceptors (Lipinski definition) is 5. The molecule has 3 aromatic rings. The van der Waals surface area contributed by atoms with Gasteiger partial charge in [0.05, 0.1) is 17.0 Å². The molecule has 152 valence electrons. The van der Waals surface area contributed by atoms with E-state index in [1.54, 1.807) is 6.07 Å². The molecule has 3 heterocycles. The van der Waals surface area contributed by atoms with E-state index in [1.165, 1.54) is 12.1 Å². The van der Waals surface area contributed by atoms with Gasteiger partial charge in [-0.1, -0.05) is 18.2 Å². The van der Waals surface area contributed by atoms with Gasteiger partial charge in [-0.05, 0) is 42.7 Å². The van der Waals surface area contributed by atoms with E-state index in [9.17, 15) is 14.0 Å². The molecule has 0 spiro atoms. The molecule has 2 aliphatic rings. The number of benzene rings is 2. The highest BCUT2D eigenvalue weighted by molar-refractivity contribution is 6.05. The van der Waals surface area contributed by atoms with Crippen molar-refractivity contribution in [2.24, 2.45) is 0 Å². The Balaban J connectivity index is 1.52. The minimum Gasteiger partial charge on any atom is -0.354 e. The number of fused-ring (bicyclic) bond motifs is 2. The molecule has 1 atom stereocenters. The van der Waals surface area contributed by atoms with E-state index in [2.05, 4.69) is 20.5 Å². The van der Waals surface area contributed by atoms with Crippen LogP contribution in [-0.4, -0.2) is 34.9 Å². The standard InChI is InChI=1S/C22H20FN5O2/c23-13-7-8-14-15(12-19(29)24-18(14)11-13)22(30)27-20-21(28-9-3-4-10-28)26-17-6-2-1-5-16(17)25-20/h1-2,5-8,11,15H,3-4,9-10,12H2,(H,24,29)(H,25,27,30). The highest BCUT2D eigenvalue weighted by Crippen LogP contribution is 2.35. The zero-order valence-corrected chi connectivity index (χ0v) is 16.2. The number of rotatable bonds is 3. The molecule has 1 unspecified atom stereocenters. The minimum absolute atomic E-state index is 0.00940. The number of para-hydroxylation sites is 2. The van der Waals surface area contributed by atoms with Gasteiger partial charge < -0.3 is 15.5 Å². The number of nitrogens with one attached hydrogen (secondary N) is 2. The summed E-state index contributed by atoms with van der Waals surface area (Å²) in [6, 6.07) is 11.6. The Morgan fingerprint density at radius 1 is 1.10 bits per heavy atom. The summed E-state index contributed by atoms with van der Waals surface area (Å²) < 4.78 is 13.6. The molecule has 0 aliphatic carbocycles. The predicted molar refractivity (Wildman–Crippen MR) is 112 cm³/mol. The molecule has 2 N–H and O–H groups in total. The van der Waals surface area contributed by atoms with Crippen LogP contribution in [0.5, 0.6) is 0 Å². The number of carbonyl (C=O) groups excluding carboxylic acids is 2. The Bertz CT molecular complexity index is 1160. The maximum Gasteiger partial charge on any atom is 0.233 e. The third kappa shape index (κ3) is 3.34. The molecule has 0 saturated carbocycles. The highest BCUT2D eigenvalue weighted by Gasteiger charge is 2.32. The topological polar surface area (TPSA) is 87.2 Å². The zero-order chi connectivity index (χ0) is 20.7. The average molecular weight is 405 g/mol. The van der Waals surface area contributed by atoms with Crippen LogP contribution in [0.25, 0.3) is 11.0 Å². The quantitative estimate of drug-likeness (QED) is 0.697. The Labute approximate surface area is 172 Å². The Kier molecular flexibility index (Phi) is 4.54. The van der Waals surface area contributed by atoms with Crippen LogP contribution in [0.15, 0.2) is 42.5 Å². The summed E-state index contributed by atoms with van der Waals surface area (Å²) in [5.74, 6) is -0.851. The maximum absolute atomic E-state index is 13.6. The van der Waals surface area contributed by atoms with Gasteiger partial charge in [-0.15, -0.1) is 0 Å². The summed E-state index contributed by atoms with van der Waals surface area (Å²) in [4.78, 5) is 36.8. The van der Waals surface area contributed by atoms with Crippen molar-refractivity contribution in [3.05, 3.63) is 53.8 Å². The Morgan fingerprint density at radius 3 is 2.60 bits per heavy atom.